The highest BCUT2D eigenvalue weighted by Gasteiger charge is 2.14. The third kappa shape index (κ3) is 4.32. The average molecular weight is 302 g/mol. The molecule has 1 fully saturated rings. The molecule has 0 N–H and O–H groups in total. The summed E-state index contributed by atoms with van der Waals surface area (Å²) in [5.41, 5.74) is 0.988. The van der Waals surface area contributed by atoms with Crippen LogP contribution in [0.4, 0.5) is 0 Å². The summed E-state index contributed by atoms with van der Waals surface area (Å²) in [6.45, 7) is 8.66. The van der Waals surface area contributed by atoms with Crippen LogP contribution < -0.4 is 0 Å². The van der Waals surface area contributed by atoms with Gasteiger partial charge in [0.25, 0.3) is 0 Å². The Morgan fingerprint density at radius 1 is 1.21 bits per heavy atom. The molecule has 3 nitrogen and oxygen atoms in total. The molecule has 0 aliphatic carbocycles. The second-order valence-corrected chi connectivity index (χ2v) is 5.81. The Morgan fingerprint density at radius 2 is 1.84 bits per heavy atom. The van der Waals surface area contributed by atoms with Gasteiger partial charge >= 0.3 is 0 Å². The second-order valence-electron chi connectivity index (χ2n) is 5.00. The lowest BCUT2D eigenvalue weighted by Gasteiger charge is -2.24. The number of aromatic nitrogens is 1. The lowest BCUT2D eigenvalue weighted by Crippen LogP contribution is -2.33. The summed E-state index contributed by atoms with van der Waals surface area (Å²) in [6, 6.07) is 0. The van der Waals surface area contributed by atoms with E-state index in [4.69, 9.17) is 23.2 Å². The van der Waals surface area contributed by atoms with Crippen LogP contribution in [0.25, 0.3) is 0 Å². The Balaban J connectivity index is 1.90. The summed E-state index contributed by atoms with van der Waals surface area (Å²) in [6.07, 6.45) is 6.01. The Bertz CT molecular complexity index is 385. The first-order valence-corrected chi connectivity index (χ1v) is 7.69. The average Bonchev–Trinajstić information content (AvgIpc) is 2.91. The minimum absolute atomic E-state index is 0.659. The Morgan fingerprint density at radius 3 is 2.42 bits per heavy atom. The van der Waals surface area contributed by atoms with Gasteiger partial charge in [-0.2, -0.15) is 0 Å². The van der Waals surface area contributed by atoms with Crippen molar-refractivity contribution in [2.75, 3.05) is 32.7 Å². The van der Waals surface area contributed by atoms with Crippen molar-refractivity contribution >= 4 is 23.2 Å². The molecule has 1 saturated heterocycles. The largest absolute Gasteiger partial charge is 0.302 e. The van der Waals surface area contributed by atoms with E-state index in [-0.39, 0.29) is 0 Å². The molecule has 2 heterocycles. The van der Waals surface area contributed by atoms with Crippen molar-refractivity contribution in [1.82, 2.24) is 14.8 Å². The molecule has 0 radical (unpaired) electrons. The van der Waals surface area contributed by atoms with E-state index in [2.05, 4.69) is 21.7 Å². The Kier molecular flexibility index (Phi) is 5.89. The molecule has 0 atom stereocenters. The van der Waals surface area contributed by atoms with Gasteiger partial charge in [0.15, 0.2) is 0 Å². The molecule has 0 aromatic carbocycles. The fourth-order valence-corrected chi connectivity index (χ4v) is 2.93. The molecule has 2 rings (SSSR count). The van der Waals surface area contributed by atoms with Crippen molar-refractivity contribution in [3.8, 4) is 0 Å². The molecule has 0 saturated carbocycles. The molecular weight excluding hydrogens is 281 g/mol. The number of likely N-dealkylation sites (N-methyl/N-ethyl adjacent to an activating group) is 1. The summed E-state index contributed by atoms with van der Waals surface area (Å²) in [7, 11) is 0. The maximum Gasteiger partial charge on any atom is 0.0649 e. The third-order valence-corrected chi connectivity index (χ3v) is 4.36. The fourth-order valence-electron chi connectivity index (χ4n) is 2.45. The van der Waals surface area contributed by atoms with Gasteiger partial charge < -0.3 is 4.90 Å². The van der Waals surface area contributed by atoms with Gasteiger partial charge in [0.2, 0.25) is 0 Å². The van der Waals surface area contributed by atoms with Gasteiger partial charge in [-0.05, 0) is 32.5 Å². The zero-order chi connectivity index (χ0) is 13.7. The summed E-state index contributed by atoms with van der Waals surface area (Å²) in [4.78, 5) is 8.90. The van der Waals surface area contributed by atoms with Crippen molar-refractivity contribution in [2.45, 2.75) is 26.3 Å². The highest BCUT2D eigenvalue weighted by Crippen LogP contribution is 2.24. The van der Waals surface area contributed by atoms with Gasteiger partial charge in [-0.15, -0.1) is 0 Å². The minimum atomic E-state index is 0.659. The maximum atomic E-state index is 6.17. The summed E-state index contributed by atoms with van der Waals surface area (Å²) in [5.74, 6) is 0. The molecule has 0 bridgehead atoms. The monoisotopic (exact) mass is 301 g/mol. The van der Waals surface area contributed by atoms with E-state index in [0.29, 0.717) is 10.0 Å². The highest BCUT2D eigenvalue weighted by atomic mass is 35.5. The first-order chi connectivity index (χ1) is 9.20. The fraction of sp³-hybridized carbons (Fsp3) is 0.643. The van der Waals surface area contributed by atoms with E-state index in [1.54, 1.807) is 12.4 Å². The van der Waals surface area contributed by atoms with Crippen LogP contribution in [0.1, 0.15) is 25.3 Å². The van der Waals surface area contributed by atoms with Crippen LogP contribution in [-0.4, -0.2) is 47.5 Å². The SMILES string of the molecule is CCN(CCN1CCCC1)Cc1c(Cl)cncc1Cl. The molecule has 5 heteroatoms. The first-order valence-electron chi connectivity index (χ1n) is 6.93. The van der Waals surface area contributed by atoms with E-state index in [1.165, 1.54) is 25.9 Å². The van der Waals surface area contributed by atoms with Crippen molar-refractivity contribution in [2.24, 2.45) is 0 Å². The molecular formula is C14H21Cl2N3. The standard InChI is InChI=1S/C14H21Cl2N3/c1-2-18(7-8-19-5-3-4-6-19)11-12-13(15)9-17-10-14(12)16/h9-10H,2-8,11H2,1H3. The Labute approximate surface area is 125 Å². The topological polar surface area (TPSA) is 19.4 Å². The summed E-state index contributed by atoms with van der Waals surface area (Å²) >= 11 is 12.3. The molecule has 106 valence electrons. The molecule has 1 aromatic heterocycles. The van der Waals surface area contributed by atoms with Crippen molar-refractivity contribution in [3.63, 3.8) is 0 Å². The van der Waals surface area contributed by atoms with Gasteiger partial charge in [0, 0.05) is 37.6 Å². The minimum Gasteiger partial charge on any atom is -0.302 e. The maximum absolute atomic E-state index is 6.17. The van der Waals surface area contributed by atoms with E-state index >= 15 is 0 Å². The van der Waals surface area contributed by atoms with E-state index in [1.807, 2.05) is 0 Å². The van der Waals surface area contributed by atoms with Crippen LogP contribution in [0.2, 0.25) is 10.0 Å². The van der Waals surface area contributed by atoms with Gasteiger partial charge in [0.05, 0.1) is 10.0 Å². The first kappa shape index (κ1) is 15.0. The van der Waals surface area contributed by atoms with Crippen molar-refractivity contribution < 1.29 is 0 Å². The number of likely N-dealkylation sites (tertiary alicyclic amines) is 1. The van der Waals surface area contributed by atoms with Crippen LogP contribution in [0.5, 0.6) is 0 Å². The molecule has 1 aromatic rings. The van der Waals surface area contributed by atoms with E-state index in [0.717, 1.165) is 31.7 Å². The number of pyridine rings is 1. The summed E-state index contributed by atoms with van der Waals surface area (Å²) < 4.78 is 0. The van der Waals surface area contributed by atoms with Gasteiger partial charge in [0.1, 0.15) is 0 Å². The number of nitrogens with zero attached hydrogens (tertiary/aromatic N) is 3. The molecule has 0 amide bonds. The quantitative estimate of drug-likeness (QED) is 0.803. The van der Waals surface area contributed by atoms with Gasteiger partial charge in [-0.25, -0.2) is 0 Å². The number of hydrogen-bond acceptors (Lipinski definition) is 3. The lowest BCUT2D eigenvalue weighted by atomic mass is 10.2. The highest BCUT2D eigenvalue weighted by molar-refractivity contribution is 6.35. The molecule has 1 aliphatic rings. The normalized spacial score (nSPS) is 16.4. The van der Waals surface area contributed by atoms with Crippen LogP contribution >= 0.6 is 23.2 Å². The van der Waals surface area contributed by atoms with Crippen LogP contribution in [-0.2, 0) is 6.54 Å². The molecule has 0 spiro atoms. The Hall–Kier alpha value is -0.350. The second kappa shape index (κ2) is 7.44. The zero-order valence-electron chi connectivity index (χ0n) is 11.4. The van der Waals surface area contributed by atoms with Crippen LogP contribution in [0.15, 0.2) is 12.4 Å². The van der Waals surface area contributed by atoms with Crippen LogP contribution in [0.3, 0.4) is 0 Å². The van der Waals surface area contributed by atoms with E-state index < -0.39 is 0 Å². The third-order valence-electron chi connectivity index (χ3n) is 3.71. The molecule has 0 unspecified atom stereocenters. The number of hydrogen-bond donors (Lipinski definition) is 0. The number of halogens is 2. The van der Waals surface area contributed by atoms with Gasteiger partial charge in [-0.3, -0.25) is 9.88 Å². The number of rotatable bonds is 6. The summed E-state index contributed by atoms with van der Waals surface area (Å²) in [5, 5.41) is 1.32. The molecule has 1 aliphatic heterocycles. The van der Waals surface area contributed by atoms with Crippen molar-refractivity contribution in [3.05, 3.63) is 28.0 Å². The lowest BCUT2D eigenvalue weighted by molar-refractivity contribution is 0.227. The smallest absolute Gasteiger partial charge is 0.0649 e. The predicted octanol–water partition coefficient (Wildman–Crippen LogP) is 3.31. The predicted molar refractivity (Wildman–Crippen MR) is 80.9 cm³/mol. The zero-order valence-corrected chi connectivity index (χ0v) is 12.9. The van der Waals surface area contributed by atoms with Gasteiger partial charge in [-0.1, -0.05) is 30.1 Å². The van der Waals surface area contributed by atoms with Crippen molar-refractivity contribution in [1.29, 1.82) is 0 Å². The van der Waals surface area contributed by atoms with E-state index in [9.17, 15) is 0 Å². The molecule has 19 heavy (non-hydrogen) atoms. The van der Waals surface area contributed by atoms with Crippen LogP contribution in [0, 0.1) is 0 Å².